The van der Waals surface area contributed by atoms with Gasteiger partial charge in [0.05, 0.1) is 12.2 Å². The van der Waals surface area contributed by atoms with Gasteiger partial charge >= 0.3 is 6.18 Å². The van der Waals surface area contributed by atoms with Crippen LogP contribution >= 0.6 is 0 Å². The molecule has 5 heteroatoms. The summed E-state index contributed by atoms with van der Waals surface area (Å²) in [6.45, 7) is 3.73. The number of rotatable bonds is 5. The molecule has 0 saturated carbocycles. The van der Waals surface area contributed by atoms with Gasteiger partial charge in [-0.2, -0.15) is 13.2 Å². The van der Waals surface area contributed by atoms with Gasteiger partial charge in [0.1, 0.15) is 0 Å². The largest absolute Gasteiger partial charge is 0.418 e. The summed E-state index contributed by atoms with van der Waals surface area (Å²) < 4.78 is 38.3. The Balaban J connectivity index is 2.89. The maximum absolute atomic E-state index is 12.8. The van der Waals surface area contributed by atoms with Crippen LogP contribution in [0, 0.1) is 5.92 Å². The molecule has 1 aromatic carbocycles. The minimum absolute atomic E-state index is 0.0182. The number of nitrogens with one attached hydrogen (secondary N) is 1. The highest BCUT2D eigenvalue weighted by atomic mass is 19.4. The molecule has 1 unspecified atom stereocenters. The van der Waals surface area contributed by atoms with Gasteiger partial charge in [0, 0.05) is 11.7 Å². The number of anilines is 1. The Morgan fingerprint density at radius 1 is 1.22 bits per heavy atom. The molecule has 0 heterocycles. The van der Waals surface area contributed by atoms with Gasteiger partial charge in [-0.3, -0.25) is 0 Å². The van der Waals surface area contributed by atoms with Crippen LogP contribution in [0.2, 0.25) is 0 Å². The second kappa shape index (κ2) is 6.09. The summed E-state index contributed by atoms with van der Waals surface area (Å²) >= 11 is 0. The number of alkyl halides is 3. The quantitative estimate of drug-likeness (QED) is 0.850. The first kappa shape index (κ1) is 14.8. The lowest BCUT2D eigenvalue weighted by Gasteiger charge is -2.22. The average Bonchev–Trinajstić information content (AvgIpc) is 2.26. The normalized spacial score (nSPS) is 13.7. The van der Waals surface area contributed by atoms with Crippen LogP contribution in [-0.2, 0) is 6.18 Å². The minimum Gasteiger partial charge on any atom is -0.394 e. The van der Waals surface area contributed by atoms with Gasteiger partial charge in [0.15, 0.2) is 0 Å². The molecule has 0 bridgehead atoms. The summed E-state index contributed by atoms with van der Waals surface area (Å²) in [5.74, 6) is 0.299. The molecule has 0 aliphatic rings. The van der Waals surface area contributed by atoms with Gasteiger partial charge in [-0.15, -0.1) is 0 Å². The molecule has 0 aliphatic heterocycles. The summed E-state index contributed by atoms with van der Waals surface area (Å²) in [5, 5.41) is 12.0. The van der Waals surface area contributed by atoms with Crippen molar-refractivity contribution < 1.29 is 18.3 Å². The van der Waals surface area contributed by atoms with Crippen LogP contribution in [0.5, 0.6) is 0 Å². The Hall–Kier alpha value is -1.23. The van der Waals surface area contributed by atoms with E-state index in [0.717, 1.165) is 6.07 Å². The van der Waals surface area contributed by atoms with Gasteiger partial charge in [-0.1, -0.05) is 26.0 Å². The van der Waals surface area contributed by atoms with E-state index in [-0.39, 0.29) is 18.3 Å². The summed E-state index contributed by atoms with van der Waals surface area (Å²) in [5.41, 5.74) is -0.683. The number of para-hydroxylation sites is 1. The molecular formula is C13H18F3NO. The van der Waals surface area contributed by atoms with Gasteiger partial charge in [0.2, 0.25) is 0 Å². The number of hydrogen-bond donors (Lipinski definition) is 2. The molecule has 2 N–H and O–H groups in total. The van der Waals surface area contributed by atoms with Crippen LogP contribution in [-0.4, -0.2) is 17.8 Å². The van der Waals surface area contributed by atoms with Crippen molar-refractivity contribution in [2.24, 2.45) is 5.92 Å². The molecule has 0 saturated heterocycles. The molecule has 1 aromatic rings. The van der Waals surface area contributed by atoms with E-state index in [2.05, 4.69) is 5.32 Å². The Labute approximate surface area is 105 Å². The van der Waals surface area contributed by atoms with Gasteiger partial charge in [0.25, 0.3) is 0 Å². The number of aliphatic hydroxyl groups excluding tert-OH is 1. The van der Waals surface area contributed by atoms with E-state index in [1.54, 1.807) is 6.07 Å². The van der Waals surface area contributed by atoms with Crippen LogP contribution in [0.25, 0.3) is 0 Å². The first-order chi connectivity index (χ1) is 8.34. The lowest BCUT2D eigenvalue weighted by Crippen LogP contribution is -2.27. The van der Waals surface area contributed by atoms with Crippen molar-refractivity contribution in [2.75, 3.05) is 11.9 Å². The van der Waals surface area contributed by atoms with E-state index < -0.39 is 11.7 Å². The second-order valence-corrected chi connectivity index (χ2v) is 4.70. The number of hydrogen-bond acceptors (Lipinski definition) is 2. The SMILES string of the molecule is CC(C)CC(CO)Nc1ccccc1C(F)(F)F. The van der Waals surface area contributed by atoms with Crippen LogP contribution in [0.1, 0.15) is 25.8 Å². The van der Waals surface area contributed by atoms with Crippen molar-refractivity contribution in [3.63, 3.8) is 0 Å². The van der Waals surface area contributed by atoms with Crippen molar-refractivity contribution >= 4 is 5.69 Å². The average molecular weight is 261 g/mol. The molecule has 0 fully saturated rings. The van der Waals surface area contributed by atoms with Crippen molar-refractivity contribution in [3.8, 4) is 0 Å². The molecular weight excluding hydrogens is 243 g/mol. The minimum atomic E-state index is -4.39. The van der Waals surface area contributed by atoms with Gasteiger partial charge in [-0.25, -0.2) is 0 Å². The fourth-order valence-corrected chi connectivity index (χ4v) is 1.82. The predicted octanol–water partition coefficient (Wildman–Crippen LogP) is 3.52. The zero-order valence-corrected chi connectivity index (χ0v) is 10.5. The fourth-order valence-electron chi connectivity index (χ4n) is 1.82. The first-order valence-corrected chi connectivity index (χ1v) is 5.88. The van der Waals surface area contributed by atoms with Crippen LogP contribution in [0.3, 0.4) is 0 Å². The summed E-state index contributed by atoms with van der Waals surface area (Å²) in [7, 11) is 0. The fraction of sp³-hybridized carbons (Fsp3) is 0.538. The number of benzene rings is 1. The zero-order chi connectivity index (χ0) is 13.8. The molecule has 0 aliphatic carbocycles. The molecule has 2 nitrogen and oxygen atoms in total. The highest BCUT2D eigenvalue weighted by Gasteiger charge is 2.33. The lowest BCUT2D eigenvalue weighted by molar-refractivity contribution is -0.137. The van der Waals surface area contributed by atoms with Gasteiger partial charge < -0.3 is 10.4 Å². The molecule has 0 spiro atoms. The Morgan fingerprint density at radius 2 is 1.83 bits per heavy atom. The van der Waals surface area contributed by atoms with Crippen molar-refractivity contribution in [3.05, 3.63) is 29.8 Å². The van der Waals surface area contributed by atoms with Crippen molar-refractivity contribution in [1.82, 2.24) is 0 Å². The van der Waals surface area contributed by atoms with E-state index in [9.17, 15) is 18.3 Å². The zero-order valence-electron chi connectivity index (χ0n) is 10.5. The Morgan fingerprint density at radius 3 is 2.33 bits per heavy atom. The van der Waals surface area contributed by atoms with E-state index >= 15 is 0 Å². The monoisotopic (exact) mass is 261 g/mol. The molecule has 0 amide bonds. The Bertz CT molecular complexity index is 377. The highest BCUT2D eigenvalue weighted by Crippen LogP contribution is 2.35. The van der Waals surface area contributed by atoms with E-state index in [1.165, 1.54) is 12.1 Å². The molecule has 102 valence electrons. The molecule has 1 rings (SSSR count). The standard InChI is InChI=1S/C13H18F3NO/c1-9(2)7-10(8-18)17-12-6-4-3-5-11(12)13(14,15)16/h3-6,9-10,17-18H,7-8H2,1-2H3. The number of aliphatic hydroxyl groups is 1. The third kappa shape index (κ3) is 4.22. The first-order valence-electron chi connectivity index (χ1n) is 5.88. The molecule has 0 aromatic heterocycles. The molecule has 1 atom stereocenters. The van der Waals surface area contributed by atoms with Crippen molar-refractivity contribution in [2.45, 2.75) is 32.5 Å². The van der Waals surface area contributed by atoms with Crippen LogP contribution < -0.4 is 5.32 Å². The van der Waals surface area contributed by atoms with E-state index in [1.807, 2.05) is 13.8 Å². The number of halogens is 3. The third-order valence-electron chi connectivity index (χ3n) is 2.57. The van der Waals surface area contributed by atoms with Gasteiger partial charge in [-0.05, 0) is 24.5 Å². The molecule has 18 heavy (non-hydrogen) atoms. The van der Waals surface area contributed by atoms with Crippen molar-refractivity contribution in [1.29, 1.82) is 0 Å². The summed E-state index contributed by atoms with van der Waals surface area (Å²) in [6, 6.07) is 4.94. The smallest absolute Gasteiger partial charge is 0.394 e. The Kier molecular flexibility index (Phi) is 5.02. The summed E-state index contributed by atoms with van der Waals surface area (Å²) in [4.78, 5) is 0. The third-order valence-corrected chi connectivity index (χ3v) is 2.57. The summed E-state index contributed by atoms with van der Waals surface area (Å²) in [6.07, 6.45) is -3.77. The maximum atomic E-state index is 12.8. The van der Waals surface area contributed by atoms with E-state index in [0.29, 0.717) is 12.3 Å². The maximum Gasteiger partial charge on any atom is 0.418 e. The highest BCUT2D eigenvalue weighted by molar-refractivity contribution is 5.53. The predicted molar refractivity (Wildman–Crippen MR) is 65.4 cm³/mol. The van der Waals surface area contributed by atoms with E-state index in [4.69, 9.17) is 0 Å². The lowest BCUT2D eigenvalue weighted by atomic mass is 10.0. The topological polar surface area (TPSA) is 32.3 Å². The van der Waals surface area contributed by atoms with Crippen LogP contribution in [0.15, 0.2) is 24.3 Å². The van der Waals surface area contributed by atoms with Crippen LogP contribution in [0.4, 0.5) is 18.9 Å². The second-order valence-electron chi connectivity index (χ2n) is 4.70. The molecule has 0 radical (unpaired) electrons.